The van der Waals surface area contributed by atoms with Crippen molar-refractivity contribution in [2.45, 2.75) is 43.1 Å². The number of esters is 1. The fourth-order valence-electron chi connectivity index (χ4n) is 2.42. The molecule has 0 bridgehead atoms. The predicted molar refractivity (Wildman–Crippen MR) is 80.8 cm³/mol. The molecule has 0 aliphatic heterocycles. The van der Waals surface area contributed by atoms with Crippen LogP contribution >= 0.6 is 0 Å². The van der Waals surface area contributed by atoms with Crippen molar-refractivity contribution >= 4 is 22.8 Å². The third-order valence-corrected chi connectivity index (χ3v) is 4.45. The Kier molecular flexibility index (Phi) is 5.53. The molecule has 1 aliphatic rings. The third kappa shape index (κ3) is 4.30. The van der Waals surface area contributed by atoms with E-state index >= 15 is 0 Å². The van der Waals surface area contributed by atoms with Crippen molar-refractivity contribution in [3.8, 4) is 0 Å². The fraction of sp³-hybridized carbons (Fsp3) is 0.438. The van der Waals surface area contributed by atoms with Gasteiger partial charge in [-0.05, 0) is 43.4 Å². The minimum Gasteiger partial charge on any atom is -0.459 e. The lowest BCUT2D eigenvalue weighted by molar-refractivity contribution is -0.144. The quantitative estimate of drug-likeness (QED) is 0.631. The van der Waals surface area contributed by atoms with Gasteiger partial charge < -0.3 is 4.74 Å². The first-order valence-electron chi connectivity index (χ1n) is 6.98. The van der Waals surface area contributed by atoms with Crippen molar-refractivity contribution in [1.82, 2.24) is 0 Å². The van der Waals surface area contributed by atoms with E-state index in [0.717, 1.165) is 36.1 Å². The van der Waals surface area contributed by atoms with Gasteiger partial charge in [-0.1, -0.05) is 24.6 Å². The molecule has 1 unspecified atom stereocenters. The molecule has 0 spiro atoms. The number of ether oxygens (including phenoxy) is 1. The van der Waals surface area contributed by atoms with Crippen LogP contribution in [0.2, 0.25) is 0 Å². The molecule has 108 valence electrons. The summed E-state index contributed by atoms with van der Waals surface area (Å²) < 4.78 is 17.0. The van der Waals surface area contributed by atoms with Gasteiger partial charge in [-0.2, -0.15) is 0 Å². The molecule has 1 aliphatic carbocycles. The van der Waals surface area contributed by atoms with Crippen LogP contribution in [0.4, 0.5) is 0 Å². The zero-order valence-electron chi connectivity index (χ0n) is 11.7. The molecule has 0 aromatic heterocycles. The Morgan fingerprint density at radius 2 is 1.95 bits per heavy atom. The summed E-state index contributed by atoms with van der Waals surface area (Å²) >= 11 is 0. The predicted octanol–water partition coefficient (Wildman–Crippen LogP) is 3.31. The third-order valence-electron chi connectivity index (χ3n) is 3.46. The van der Waals surface area contributed by atoms with Gasteiger partial charge in [-0.25, -0.2) is 4.79 Å². The average molecular weight is 292 g/mol. The number of hydrogen-bond donors (Lipinski definition) is 0. The Morgan fingerprint density at radius 1 is 1.25 bits per heavy atom. The minimum absolute atomic E-state index is 0.0662. The maximum absolute atomic E-state index is 11.8. The molecule has 0 radical (unpaired) electrons. The highest BCUT2D eigenvalue weighted by Crippen LogP contribution is 2.20. The monoisotopic (exact) mass is 292 g/mol. The highest BCUT2D eigenvalue weighted by molar-refractivity contribution is 7.84. The van der Waals surface area contributed by atoms with Gasteiger partial charge in [-0.3, -0.25) is 4.21 Å². The lowest BCUT2D eigenvalue weighted by Gasteiger charge is -2.20. The van der Waals surface area contributed by atoms with E-state index in [4.69, 9.17) is 4.74 Å². The summed E-state index contributed by atoms with van der Waals surface area (Å²) in [6, 6.07) is 7.36. The molecule has 1 aromatic rings. The van der Waals surface area contributed by atoms with Crippen molar-refractivity contribution in [1.29, 1.82) is 0 Å². The SMILES string of the molecule is CS(=O)c1ccccc1/C=C/C(=O)OC1CCCCC1. The molecular formula is C16H20O3S. The highest BCUT2D eigenvalue weighted by atomic mass is 32.2. The van der Waals surface area contributed by atoms with Crippen molar-refractivity contribution < 1.29 is 13.7 Å². The van der Waals surface area contributed by atoms with Crippen molar-refractivity contribution in [2.24, 2.45) is 0 Å². The summed E-state index contributed by atoms with van der Waals surface area (Å²) in [4.78, 5) is 12.5. The Labute approximate surface area is 122 Å². The summed E-state index contributed by atoms with van der Waals surface area (Å²) in [5.41, 5.74) is 0.800. The van der Waals surface area contributed by atoms with Crippen LogP contribution in [-0.2, 0) is 20.3 Å². The van der Waals surface area contributed by atoms with E-state index in [0.29, 0.717) is 0 Å². The molecular weight excluding hydrogens is 272 g/mol. The first kappa shape index (κ1) is 15.0. The van der Waals surface area contributed by atoms with Gasteiger partial charge in [0.25, 0.3) is 0 Å². The molecule has 0 amide bonds. The Hall–Kier alpha value is -1.42. The fourth-order valence-corrected chi connectivity index (χ4v) is 3.16. The standard InChI is InChI=1S/C16H20O3S/c1-20(18)15-10-6-5-7-13(15)11-12-16(17)19-14-8-3-2-4-9-14/h5-7,10-12,14H,2-4,8-9H2,1H3/b12-11+. The summed E-state index contributed by atoms with van der Waals surface area (Å²) in [5.74, 6) is -0.311. The number of benzene rings is 1. The molecule has 0 heterocycles. The van der Waals surface area contributed by atoms with Crippen LogP contribution in [0.1, 0.15) is 37.7 Å². The molecule has 1 fully saturated rings. The molecule has 2 rings (SSSR count). The van der Waals surface area contributed by atoms with Gasteiger partial charge in [0.2, 0.25) is 0 Å². The molecule has 0 N–H and O–H groups in total. The van der Waals surface area contributed by atoms with Crippen LogP contribution in [0.15, 0.2) is 35.2 Å². The summed E-state index contributed by atoms with van der Waals surface area (Å²) in [7, 11) is -1.06. The van der Waals surface area contributed by atoms with Crippen LogP contribution in [0, 0.1) is 0 Å². The lowest BCUT2D eigenvalue weighted by atomic mass is 9.98. The first-order chi connectivity index (χ1) is 9.66. The Morgan fingerprint density at radius 3 is 2.65 bits per heavy atom. The van der Waals surface area contributed by atoms with Crippen molar-refractivity contribution in [2.75, 3.05) is 6.26 Å². The molecule has 1 atom stereocenters. The van der Waals surface area contributed by atoms with E-state index in [2.05, 4.69) is 0 Å². The summed E-state index contributed by atoms with van der Waals surface area (Å²) in [5, 5.41) is 0. The summed E-state index contributed by atoms with van der Waals surface area (Å²) in [6.45, 7) is 0. The molecule has 1 saturated carbocycles. The molecule has 1 aromatic carbocycles. The Bertz CT molecular complexity index is 516. The smallest absolute Gasteiger partial charge is 0.331 e. The van der Waals surface area contributed by atoms with E-state index in [1.807, 2.05) is 24.3 Å². The maximum atomic E-state index is 11.8. The Balaban J connectivity index is 1.98. The average Bonchev–Trinajstić information content (AvgIpc) is 2.46. The van der Waals surface area contributed by atoms with E-state index in [-0.39, 0.29) is 12.1 Å². The molecule has 4 heteroatoms. The minimum atomic E-state index is -1.06. The van der Waals surface area contributed by atoms with E-state index < -0.39 is 10.8 Å². The van der Waals surface area contributed by atoms with Crippen LogP contribution in [0.25, 0.3) is 6.08 Å². The number of rotatable bonds is 4. The second kappa shape index (κ2) is 7.39. The van der Waals surface area contributed by atoms with Gasteiger partial charge in [0.1, 0.15) is 6.10 Å². The zero-order valence-corrected chi connectivity index (χ0v) is 12.5. The number of hydrogen-bond acceptors (Lipinski definition) is 3. The van der Waals surface area contributed by atoms with Gasteiger partial charge in [-0.15, -0.1) is 0 Å². The van der Waals surface area contributed by atoms with Gasteiger partial charge in [0.15, 0.2) is 0 Å². The molecule has 3 nitrogen and oxygen atoms in total. The highest BCUT2D eigenvalue weighted by Gasteiger charge is 2.16. The first-order valence-corrected chi connectivity index (χ1v) is 8.54. The number of carbonyl (C=O) groups excluding carboxylic acids is 1. The lowest BCUT2D eigenvalue weighted by Crippen LogP contribution is -2.19. The van der Waals surface area contributed by atoms with E-state index in [9.17, 15) is 9.00 Å². The van der Waals surface area contributed by atoms with Crippen molar-refractivity contribution in [3.63, 3.8) is 0 Å². The second-order valence-corrected chi connectivity index (χ2v) is 6.37. The molecule has 20 heavy (non-hydrogen) atoms. The second-order valence-electron chi connectivity index (χ2n) is 5.02. The van der Waals surface area contributed by atoms with Gasteiger partial charge in [0.05, 0.1) is 10.8 Å². The topological polar surface area (TPSA) is 43.4 Å². The van der Waals surface area contributed by atoms with Crippen LogP contribution in [0.5, 0.6) is 0 Å². The van der Waals surface area contributed by atoms with Crippen molar-refractivity contribution in [3.05, 3.63) is 35.9 Å². The maximum Gasteiger partial charge on any atom is 0.331 e. The van der Waals surface area contributed by atoms with Crippen LogP contribution in [0.3, 0.4) is 0 Å². The number of carbonyl (C=O) groups is 1. The molecule has 0 saturated heterocycles. The van der Waals surface area contributed by atoms with Gasteiger partial charge in [0, 0.05) is 17.2 Å². The van der Waals surface area contributed by atoms with Crippen LogP contribution in [-0.4, -0.2) is 22.5 Å². The summed E-state index contributed by atoms with van der Waals surface area (Å²) in [6.07, 6.45) is 10.3. The zero-order chi connectivity index (χ0) is 14.4. The van der Waals surface area contributed by atoms with E-state index in [1.165, 1.54) is 12.5 Å². The van der Waals surface area contributed by atoms with Crippen LogP contribution < -0.4 is 0 Å². The van der Waals surface area contributed by atoms with E-state index in [1.54, 1.807) is 12.3 Å². The normalized spacial score (nSPS) is 18.1. The van der Waals surface area contributed by atoms with Gasteiger partial charge >= 0.3 is 5.97 Å². The largest absolute Gasteiger partial charge is 0.459 e.